The zero-order chi connectivity index (χ0) is 20.1. The summed E-state index contributed by atoms with van der Waals surface area (Å²) in [5.41, 5.74) is 6.16. The topological polar surface area (TPSA) is 43.6 Å². The zero-order valence-electron chi connectivity index (χ0n) is 16.7. The van der Waals surface area contributed by atoms with Crippen LogP contribution >= 0.6 is 11.8 Å². The van der Waals surface area contributed by atoms with Gasteiger partial charge in [-0.05, 0) is 55.2 Å². The number of hydrogen-bond donors (Lipinski definition) is 0. The van der Waals surface area contributed by atoms with Crippen LogP contribution < -0.4 is 0 Å². The molecule has 0 aliphatic rings. The molecule has 0 saturated carbocycles. The van der Waals surface area contributed by atoms with Crippen LogP contribution in [-0.2, 0) is 12.8 Å². The summed E-state index contributed by atoms with van der Waals surface area (Å²) in [7, 11) is 0. The third-order valence-electron chi connectivity index (χ3n) is 4.87. The van der Waals surface area contributed by atoms with Crippen molar-refractivity contribution in [2.24, 2.45) is 0 Å². The standard InChI is InChI=1S/C24H24N4S/c1-18-8-9-22(19(2)16-18)28-23(17-21-6-4-3-5-7-21)26-27-24(28)29-15-12-20-10-13-25-14-11-20/h3-11,13-14,16H,12,15,17H2,1-2H3. The molecule has 0 bridgehead atoms. The van der Waals surface area contributed by atoms with Crippen molar-refractivity contribution in [3.63, 3.8) is 0 Å². The molecule has 0 radical (unpaired) electrons. The third-order valence-corrected chi connectivity index (χ3v) is 5.80. The van der Waals surface area contributed by atoms with Gasteiger partial charge in [0.05, 0.1) is 5.69 Å². The number of benzene rings is 2. The van der Waals surface area contributed by atoms with Crippen LogP contribution in [0.4, 0.5) is 0 Å². The van der Waals surface area contributed by atoms with Crippen LogP contribution in [0.1, 0.15) is 28.1 Å². The van der Waals surface area contributed by atoms with Gasteiger partial charge in [0.2, 0.25) is 0 Å². The van der Waals surface area contributed by atoms with Crippen molar-refractivity contribution in [3.05, 3.63) is 101 Å². The van der Waals surface area contributed by atoms with Gasteiger partial charge in [-0.15, -0.1) is 10.2 Å². The van der Waals surface area contributed by atoms with E-state index >= 15 is 0 Å². The first-order valence-corrected chi connectivity index (χ1v) is 10.8. The van der Waals surface area contributed by atoms with Crippen molar-refractivity contribution in [1.29, 1.82) is 0 Å². The molecule has 146 valence electrons. The van der Waals surface area contributed by atoms with Crippen LogP contribution in [0, 0.1) is 13.8 Å². The lowest BCUT2D eigenvalue weighted by Crippen LogP contribution is -2.06. The fraction of sp³-hybridized carbons (Fsp3) is 0.208. The lowest BCUT2D eigenvalue weighted by molar-refractivity contribution is 0.840. The Morgan fingerprint density at radius 1 is 0.862 bits per heavy atom. The molecular weight excluding hydrogens is 376 g/mol. The lowest BCUT2D eigenvalue weighted by Gasteiger charge is -2.13. The van der Waals surface area contributed by atoms with Crippen LogP contribution in [0.3, 0.4) is 0 Å². The van der Waals surface area contributed by atoms with Gasteiger partial charge >= 0.3 is 0 Å². The first-order chi connectivity index (χ1) is 14.2. The summed E-state index contributed by atoms with van der Waals surface area (Å²) < 4.78 is 2.22. The normalized spacial score (nSPS) is 11.0. The van der Waals surface area contributed by atoms with E-state index in [-0.39, 0.29) is 0 Å². The summed E-state index contributed by atoms with van der Waals surface area (Å²) >= 11 is 1.75. The van der Waals surface area contributed by atoms with Crippen molar-refractivity contribution in [2.75, 3.05) is 5.75 Å². The first kappa shape index (κ1) is 19.4. The maximum absolute atomic E-state index is 4.56. The summed E-state index contributed by atoms with van der Waals surface area (Å²) in [4.78, 5) is 4.09. The van der Waals surface area contributed by atoms with E-state index in [1.807, 2.05) is 18.5 Å². The largest absolute Gasteiger partial charge is 0.273 e. The highest BCUT2D eigenvalue weighted by Crippen LogP contribution is 2.26. The van der Waals surface area contributed by atoms with Crippen LogP contribution in [0.25, 0.3) is 5.69 Å². The number of nitrogens with zero attached hydrogens (tertiary/aromatic N) is 4. The maximum Gasteiger partial charge on any atom is 0.195 e. The first-order valence-electron chi connectivity index (χ1n) is 9.78. The number of hydrogen-bond acceptors (Lipinski definition) is 4. The van der Waals surface area contributed by atoms with Gasteiger partial charge in [-0.2, -0.15) is 0 Å². The molecule has 0 aliphatic heterocycles. The number of aryl methyl sites for hydroxylation is 3. The fourth-order valence-electron chi connectivity index (χ4n) is 3.39. The average Bonchev–Trinajstić information content (AvgIpc) is 3.12. The van der Waals surface area contributed by atoms with E-state index in [1.165, 1.54) is 22.3 Å². The minimum atomic E-state index is 0.756. The fourth-order valence-corrected chi connectivity index (χ4v) is 4.35. The molecule has 0 spiro atoms. The molecule has 2 aromatic carbocycles. The van der Waals surface area contributed by atoms with E-state index < -0.39 is 0 Å². The van der Waals surface area contributed by atoms with Crippen LogP contribution in [0.2, 0.25) is 0 Å². The Kier molecular flexibility index (Phi) is 6.06. The van der Waals surface area contributed by atoms with Crippen LogP contribution in [0.15, 0.2) is 78.2 Å². The SMILES string of the molecule is Cc1ccc(-n2c(Cc3ccccc3)nnc2SCCc2ccncc2)c(C)c1. The highest BCUT2D eigenvalue weighted by atomic mass is 32.2. The Bertz CT molecular complexity index is 1070. The van der Waals surface area contributed by atoms with Crippen molar-refractivity contribution in [2.45, 2.75) is 31.8 Å². The minimum Gasteiger partial charge on any atom is -0.273 e. The van der Waals surface area contributed by atoms with Crippen molar-refractivity contribution < 1.29 is 0 Å². The highest BCUT2D eigenvalue weighted by Gasteiger charge is 2.16. The van der Waals surface area contributed by atoms with E-state index in [4.69, 9.17) is 0 Å². The minimum absolute atomic E-state index is 0.756. The predicted octanol–water partition coefficient (Wildman–Crippen LogP) is 5.20. The quantitative estimate of drug-likeness (QED) is 0.400. The van der Waals surface area contributed by atoms with E-state index in [2.05, 4.69) is 88.2 Å². The van der Waals surface area contributed by atoms with Gasteiger partial charge in [0, 0.05) is 24.6 Å². The molecule has 2 aromatic heterocycles. The van der Waals surface area contributed by atoms with Crippen molar-refractivity contribution in [1.82, 2.24) is 19.7 Å². The molecule has 0 fully saturated rings. The Morgan fingerprint density at radius 3 is 2.41 bits per heavy atom. The monoisotopic (exact) mass is 400 g/mol. The van der Waals surface area contributed by atoms with Crippen molar-refractivity contribution in [3.8, 4) is 5.69 Å². The summed E-state index contributed by atoms with van der Waals surface area (Å²) in [6.45, 7) is 4.28. The van der Waals surface area contributed by atoms with Gasteiger partial charge in [0.1, 0.15) is 5.82 Å². The molecule has 0 atom stereocenters. The number of pyridine rings is 1. The smallest absolute Gasteiger partial charge is 0.195 e. The molecule has 5 heteroatoms. The molecule has 2 heterocycles. The molecule has 0 saturated heterocycles. The summed E-state index contributed by atoms with van der Waals surface area (Å²) in [5, 5.41) is 10.0. The summed E-state index contributed by atoms with van der Waals surface area (Å²) in [5.74, 6) is 1.91. The molecule has 0 unspecified atom stereocenters. The zero-order valence-corrected chi connectivity index (χ0v) is 17.6. The van der Waals surface area contributed by atoms with Crippen LogP contribution in [0.5, 0.6) is 0 Å². The van der Waals surface area contributed by atoms with Crippen LogP contribution in [-0.4, -0.2) is 25.5 Å². The number of rotatable bonds is 7. The molecule has 29 heavy (non-hydrogen) atoms. The Morgan fingerprint density at radius 2 is 1.66 bits per heavy atom. The van der Waals surface area contributed by atoms with E-state index in [0.29, 0.717) is 0 Å². The third kappa shape index (κ3) is 4.74. The Hall–Kier alpha value is -2.92. The number of aromatic nitrogens is 4. The highest BCUT2D eigenvalue weighted by molar-refractivity contribution is 7.99. The van der Waals surface area contributed by atoms with E-state index in [9.17, 15) is 0 Å². The Labute approximate surface area is 176 Å². The van der Waals surface area contributed by atoms with Gasteiger partial charge in [0.15, 0.2) is 5.16 Å². The van der Waals surface area contributed by atoms with Gasteiger partial charge in [0.25, 0.3) is 0 Å². The number of thioether (sulfide) groups is 1. The van der Waals surface area contributed by atoms with E-state index in [1.54, 1.807) is 11.8 Å². The molecule has 4 nitrogen and oxygen atoms in total. The molecule has 0 aliphatic carbocycles. The second-order valence-electron chi connectivity index (χ2n) is 7.14. The second kappa shape index (κ2) is 9.05. The molecule has 4 aromatic rings. The Balaban J connectivity index is 1.63. The lowest BCUT2D eigenvalue weighted by atomic mass is 10.1. The average molecular weight is 401 g/mol. The van der Waals surface area contributed by atoms with Crippen molar-refractivity contribution >= 4 is 11.8 Å². The molecule has 0 N–H and O–H groups in total. The van der Waals surface area contributed by atoms with Gasteiger partial charge < -0.3 is 0 Å². The summed E-state index contributed by atoms with van der Waals surface area (Å²) in [6.07, 6.45) is 5.42. The maximum atomic E-state index is 4.56. The molecule has 0 amide bonds. The predicted molar refractivity (Wildman–Crippen MR) is 119 cm³/mol. The van der Waals surface area contributed by atoms with Gasteiger partial charge in [-0.3, -0.25) is 9.55 Å². The second-order valence-corrected chi connectivity index (χ2v) is 8.20. The van der Waals surface area contributed by atoms with E-state index in [0.717, 1.165) is 35.3 Å². The summed E-state index contributed by atoms with van der Waals surface area (Å²) in [6, 6.07) is 21.1. The van der Waals surface area contributed by atoms with Gasteiger partial charge in [-0.1, -0.05) is 59.8 Å². The molecular formula is C24H24N4S. The van der Waals surface area contributed by atoms with Gasteiger partial charge in [-0.25, -0.2) is 0 Å². The molecule has 4 rings (SSSR count).